The number of fused-ring (bicyclic) bond motifs is 2. The van der Waals surface area contributed by atoms with Crippen molar-refractivity contribution in [1.82, 2.24) is 10.2 Å². The van der Waals surface area contributed by atoms with Crippen molar-refractivity contribution in [3.05, 3.63) is 47.1 Å². The Morgan fingerprint density at radius 1 is 1.15 bits per heavy atom. The first-order valence-electron chi connectivity index (χ1n) is 16.4. The van der Waals surface area contributed by atoms with Gasteiger partial charge in [0.15, 0.2) is 0 Å². The molecule has 11 heteroatoms. The molecule has 0 unspecified atom stereocenters. The topological polar surface area (TPSA) is 152 Å². The van der Waals surface area contributed by atoms with Crippen molar-refractivity contribution in [3.8, 4) is 5.75 Å². The molecule has 0 saturated carbocycles. The van der Waals surface area contributed by atoms with Crippen molar-refractivity contribution in [2.45, 2.75) is 92.5 Å². The van der Waals surface area contributed by atoms with Crippen LogP contribution in [0.15, 0.2) is 41.5 Å². The van der Waals surface area contributed by atoms with E-state index in [0.29, 0.717) is 62.3 Å². The summed E-state index contributed by atoms with van der Waals surface area (Å²) < 4.78 is 17.1. The van der Waals surface area contributed by atoms with Crippen LogP contribution < -0.4 is 21.1 Å². The summed E-state index contributed by atoms with van der Waals surface area (Å²) in [5, 5.41) is 17.5. The summed E-state index contributed by atoms with van der Waals surface area (Å²) in [7, 11) is 1.58. The van der Waals surface area contributed by atoms with Crippen LogP contribution in [0.5, 0.6) is 5.75 Å². The largest absolute Gasteiger partial charge is 0.442 e. The molecule has 1 aromatic rings. The minimum atomic E-state index is -0.867. The van der Waals surface area contributed by atoms with Gasteiger partial charge < -0.3 is 40.6 Å². The number of primary amides is 1. The lowest BCUT2D eigenvalue weighted by Gasteiger charge is -2.29. The van der Waals surface area contributed by atoms with Crippen molar-refractivity contribution in [2.75, 3.05) is 38.6 Å². The molecule has 0 saturated heterocycles. The van der Waals surface area contributed by atoms with Crippen LogP contribution in [0.3, 0.4) is 0 Å². The number of benzene rings is 1. The molecule has 2 rings (SSSR count). The van der Waals surface area contributed by atoms with Crippen LogP contribution in [0.4, 0.5) is 15.3 Å². The fraction of sp³-hybridized carbons (Fsp3) is 0.629. The molecule has 1 aromatic carbocycles. The Hall–Kier alpha value is -3.41. The lowest BCUT2D eigenvalue weighted by molar-refractivity contribution is -0.112. The number of hydrogen-bond acceptors (Lipinski definition) is 8. The summed E-state index contributed by atoms with van der Waals surface area (Å²) >= 11 is 0. The minimum absolute atomic E-state index is 0.0633. The summed E-state index contributed by atoms with van der Waals surface area (Å²) in [6, 6.07) is 5.36. The normalized spacial score (nSPS) is 25.1. The number of aliphatic hydroxyl groups is 1. The number of allylic oxidation sites excluding steroid dienone is 1. The molecule has 1 heterocycles. The van der Waals surface area contributed by atoms with Crippen LogP contribution in [-0.4, -0.2) is 79.7 Å². The molecule has 5 N–H and O–H groups in total. The van der Waals surface area contributed by atoms with Crippen LogP contribution in [0.25, 0.3) is 0 Å². The zero-order chi connectivity index (χ0) is 34.4. The third-order valence-corrected chi connectivity index (χ3v) is 8.48. The molecular formula is C35H56N4O7. The quantitative estimate of drug-likeness (QED) is 0.216. The molecule has 0 fully saturated rings. The third-order valence-electron chi connectivity index (χ3n) is 8.48. The van der Waals surface area contributed by atoms with Gasteiger partial charge in [-0.1, -0.05) is 39.8 Å². The number of carbonyl (C=O) groups is 3. The molecule has 1 aliphatic rings. The van der Waals surface area contributed by atoms with Gasteiger partial charge in [0.05, 0.1) is 12.2 Å². The molecule has 1 aliphatic heterocycles. The minimum Gasteiger partial charge on any atom is -0.442 e. The first-order valence-corrected chi connectivity index (χ1v) is 16.4. The summed E-state index contributed by atoms with van der Waals surface area (Å²) in [6.45, 7) is 15.9. The standard InChI is InChI=1S/C35H56N4O7/c1-9-37-14-15-39(10-2)35(43)45-29-20-27-16-22(3)17-30(44-8)31(40)25(6)18-26(7)32(46-34(36)42)23(4)12-11-13-24(5)33(41)38-28(19-27)21-29/h13,18-23,25,30-32,37,40H,9-12,14-17H2,1-8H3,(H2,36,42)(H,38,41)/t22-,23+,25+,30+,31-,32-/m1/s1. The van der Waals surface area contributed by atoms with Gasteiger partial charge in [0.1, 0.15) is 11.9 Å². The number of rotatable bonds is 8. The number of anilines is 1. The molecule has 6 atom stereocenters. The Bertz CT molecular complexity index is 1220. The van der Waals surface area contributed by atoms with Gasteiger partial charge in [0.25, 0.3) is 5.91 Å². The van der Waals surface area contributed by atoms with Gasteiger partial charge in [-0.15, -0.1) is 0 Å². The van der Waals surface area contributed by atoms with E-state index in [1.165, 1.54) is 0 Å². The number of nitrogens with one attached hydrogen (secondary N) is 2. The molecule has 46 heavy (non-hydrogen) atoms. The number of aliphatic hydroxyl groups excluding tert-OH is 1. The second kappa shape index (κ2) is 19.3. The van der Waals surface area contributed by atoms with Crippen LogP contribution >= 0.6 is 0 Å². The second-order valence-corrected chi connectivity index (χ2v) is 12.5. The Morgan fingerprint density at radius 2 is 1.87 bits per heavy atom. The van der Waals surface area contributed by atoms with Gasteiger partial charge >= 0.3 is 12.2 Å². The predicted octanol–water partition coefficient (Wildman–Crippen LogP) is 5.42. The van der Waals surface area contributed by atoms with Crippen LogP contribution in [0, 0.1) is 17.8 Å². The maximum absolute atomic E-state index is 13.2. The number of nitrogens with two attached hydrogens (primary N) is 1. The number of methoxy groups -OCH3 is 1. The van der Waals surface area contributed by atoms with Crippen molar-refractivity contribution >= 4 is 23.8 Å². The maximum Gasteiger partial charge on any atom is 0.415 e. The lowest BCUT2D eigenvalue weighted by Crippen LogP contribution is -2.38. The van der Waals surface area contributed by atoms with E-state index in [0.717, 1.165) is 17.7 Å². The van der Waals surface area contributed by atoms with E-state index in [2.05, 4.69) is 17.6 Å². The van der Waals surface area contributed by atoms with E-state index < -0.39 is 30.5 Å². The molecule has 3 amide bonds. The summed E-state index contributed by atoms with van der Waals surface area (Å²) in [5.41, 5.74) is 8.12. The Labute approximate surface area is 274 Å². The van der Waals surface area contributed by atoms with Crippen LogP contribution in [-0.2, 0) is 20.7 Å². The van der Waals surface area contributed by atoms with E-state index in [9.17, 15) is 19.5 Å². The maximum atomic E-state index is 13.2. The van der Waals surface area contributed by atoms with Crippen molar-refractivity contribution in [3.63, 3.8) is 0 Å². The molecule has 0 aliphatic carbocycles. The van der Waals surface area contributed by atoms with E-state index in [1.807, 2.05) is 58.9 Å². The molecular weight excluding hydrogens is 588 g/mol. The van der Waals surface area contributed by atoms with Crippen molar-refractivity contribution in [2.24, 2.45) is 23.5 Å². The molecule has 258 valence electrons. The van der Waals surface area contributed by atoms with Crippen LogP contribution in [0.1, 0.15) is 73.3 Å². The average Bonchev–Trinajstić information content (AvgIpc) is 2.99. The highest BCUT2D eigenvalue weighted by atomic mass is 16.6. The van der Waals surface area contributed by atoms with E-state index >= 15 is 0 Å². The van der Waals surface area contributed by atoms with Gasteiger partial charge in [0, 0.05) is 50.0 Å². The monoisotopic (exact) mass is 644 g/mol. The fourth-order valence-electron chi connectivity index (χ4n) is 5.87. The third kappa shape index (κ3) is 12.4. The predicted molar refractivity (Wildman–Crippen MR) is 181 cm³/mol. The van der Waals surface area contributed by atoms with Crippen molar-refractivity contribution < 1.29 is 33.7 Å². The first kappa shape index (κ1) is 38.8. The highest BCUT2D eigenvalue weighted by Gasteiger charge is 2.28. The zero-order valence-electron chi connectivity index (χ0n) is 28.9. The second-order valence-electron chi connectivity index (χ2n) is 12.5. The molecule has 0 radical (unpaired) electrons. The van der Waals surface area contributed by atoms with E-state index in [1.54, 1.807) is 25.0 Å². The zero-order valence-corrected chi connectivity index (χ0v) is 28.9. The molecule has 11 nitrogen and oxygen atoms in total. The lowest BCUT2D eigenvalue weighted by atomic mass is 9.87. The smallest absolute Gasteiger partial charge is 0.415 e. The van der Waals surface area contributed by atoms with Gasteiger partial charge in [-0.2, -0.15) is 0 Å². The number of ether oxygens (including phenoxy) is 3. The van der Waals surface area contributed by atoms with Gasteiger partial charge in [-0.25, -0.2) is 9.59 Å². The highest BCUT2D eigenvalue weighted by molar-refractivity contribution is 6.03. The number of likely N-dealkylation sites (N-methyl/N-ethyl adjacent to an activating group) is 2. The summed E-state index contributed by atoms with van der Waals surface area (Å²) in [6.07, 6.45) is 2.90. The molecule has 0 spiro atoms. The number of nitrogens with zero attached hydrogens (tertiary/aromatic N) is 1. The summed E-state index contributed by atoms with van der Waals surface area (Å²) in [5.74, 6) is -0.265. The van der Waals surface area contributed by atoms with Gasteiger partial charge in [-0.3, -0.25) is 4.79 Å². The van der Waals surface area contributed by atoms with Gasteiger partial charge in [-0.05, 0) is 88.1 Å². The summed E-state index contributed by atoms with van der Waals surface area (Å²) in [4.78, 5) is 39.6. The number of carbonyl (C=O) groups excluding carboxylic acids is 3. The Morgan fingerprint density at radius 3 is 2.50 bits per heavy atom. The SMILES string of the molecule is CCNCCN(CC)C(=O)Oc1cc2cc(c1)NC(=O)C(C)=CCC[C@H](C)[C@@H](OC(N)=O)C(C)=C[C@H](C)[C@@H](O)[C@@H](OC)C[C@H](C)C2. The number of amides is 3. The molecule has 0 aromatic heterocycles. The number of hydrogen-bond donors (Lipinski definition) is 4. The average molecular weight is 645 g/mol. The highest BCUT2D eigenvalue weighted by Crippen LogP contribution is 2.29. The van der Waals surface area contributed by atoms with Gasteiger partial charge in [0.2, 0.25) is 0 Å². The van der Waals surface area contributed by atoms with E-state index in [4.69, 9.17) is 19.9 Å². The van der Waals surface area contributed by atoms with E-state index in [-0.39, 0.29) is 23.7 Å². The Kier molecular flexibility index (Phi) is 16.3. The first-order chi connectivity index (χ1) is 21.8. The Balaban J connectivity index is 2.47. The van der Waals surface area contributed by atoms with Crippen molar-refractivity contribution in [1.29, 1.82) is 0 Å². The molecule has 2 bridgehead atoms. The van der Waals surface area contributed by atoms with Crippen LogP contribution in [0.2, 0.25) is 0 Å². The fourth-order valence-corrected chi connectivity index (χ4v) is 5.87.